The molecule has 0 aliphatic rings. The highest BCUT2D eigenvalue weighted by molar-refractivity contribution is 6.36. The predicted molar refractivity (Wildman–Crippen MR) is 88.0 cm³/mol. The van der Waals surface area contributed by atoms with Crippen molar-refractivity contribution in [3.05, 3.63) is 51.2 Å². The third-order valence-corrected chi connectivity index (χ3v) is 3.56. The molecule has 0 bridgehead atoms. The van der Waals surface area contributed by atoms with Gasteiger partial charge in [0.2, 0.25) is 0 Å². The number of rotatable bonds is 3. The van der Waals surface area contributed by atoms with E-state index in [9.17, 15) is 4.79 Å². The van der Waals surface area contributed by atoms with Crippen LogP contribution in [0.25, 0.3) is 0 Å². The second-order valence-corrected chi connectivity index (χ2v) is 5.70. The van der Waals surface area contributed by atoms with Crippen LogP contribution in [-0.2, 0) is 0 Å². The molecule has 1 aromatic heterocycles. The van der Waals surface area contributed by atoms with Crippen LogP contribution in [0.15, 0.2) is 30.5 Å². The highest BCUT2D eigenvalue weighted by Crippen LogP contribution is 2.28. The molecule has 0 aliphatic carbocycles. The average Bonchev–Trinajstić information content (AvgIpc) is 2.41. The molecule has 0 saturated carbocycles. The number of carbonyl (C=O) groups is 1. The van der Waals surface area contributed by atoms with Crippen LogP contribution >= 0.6 is 34.8 Å². The highest BCUT2D eigenvalue weighted by atomic mass is 35.5. The van der Waals surface area contributed by atoms with Gasteiger partial charge in [0.15, 0.2) is 0 Å². The molecular formula is C14H12Cl3N3O. The number of anilines is 2. The van der Waals surface area contributed by atoms with Crippen molar-refractivity contribution >= 4 is 52.1 Å². The molecule has 1 amide bonds. The minimum Gasteiger partial charge on any atom is -0.376 e. The summed E-state index contributed by atoms with van der Waals surface area (Å²) in [7, 11) is 3.77. The van der Waals surface area contributed by atoms with Crippen molar-refractivity contribution in [2.45, 2.75) is 0 Å². The lowest BCUT2D eigenvalue weighted by Crippen LogP contribution is -2.13. The van der Waals surface area contributed by atoms with Gasteiger partial charge in [-0.25, -0.2) is 4.98 Å². The average molecular weight is 345 g/mol. The Morgan fingerprint density at radius 2 is 1.86 bits per heavy atom. The molecule has 0 saturated heterocycles. The number of halogens is 3. The molecule has 0 spiro atoms. The zero-order valence-corrected chi connectivity index (χ0v) is 13.6. The fraction of sp³-hybridized carbons (Fsp3) is 0.143. The molecule has 1 heterocycles. The van der Waals surface area contributed by atoms with Crippen molar-refractivity contribution in [1.82, 2.24) is 4.98 Å². The maximum atomic E-state index is 12.2. The Balaban J connectivity index is 2.24. The normalized spacial score (nSPS) is 10.3. The molecule has 0 aliphatic heterocycles. The summed E-state index contributed by atoms with van der Waals surface area (Å²) < 4.78 is 0. The molecule has 21 heavy (non-hydrogen) atoms. The summed E-state index contributed by atoms with van der Waals surface area (Å²) in [6.07, 6.45) is 1.33. The minimum absolute atomic E-state index is 0.200. The first-order chi connectivity index (χ1) is 9.88. The SMILES string of the molecule is CN(C)c1ccc(NC(=O)c2cc(Cl)ncc2Cl)cc1Cl. The minimum atomic E-state index is -0.377. The zero-order chi connectivity index (χ0) is 15.6. The van der Waals surface area contributed by atoms with E-state index in [1.165, 1.54) is 12.3 Å². The van der Waals surface area contributed by atoms with E-state index in [2.05, 4.69) is 10.3 Å². The smallest absolute Gasteiger partial charge is 0.257 e. The van der Waals surface area contributed by atoms with Gasteiger partial charge >= 0.3 is 0 Å². The third-order valence-electron chi connectivity index (χ3n) is 2.75. The number of pyridine rings is 1. The lowest BCUT2D eigenvalue weighted by atomic mass is 10.2. The Morgan fingerprint density at radius 1 is 1.14 bits per heavy atom. The Morgan fingerprint density at radius 3 is 2.48 bits per heavy atom. The van der Waals surface area contributed by atoms with Gasteiger partial charge in [-0.3, -0.25) is 4.79 Å². The van der Waals surface area contributed by atoms with Gasteiger partial charge in [-0.1, -0.05) is 34.8 Å². The highest BCUT2D eigenvalue weighted by Gasteiger charge is 2.13. The summed E-state index contributed by atoms with van der Waals surface area (Å²) in [5, 5.41) is 3.69. The third kappa shape index (κ3) is 3.79. The van der Waals surface area contributed by atoms with Crippen molar-refractivity contribution in [2.75, 3.05) is 24.3 Å². The molecule has 0 radical (unpaired) electrons. The van der Waals surface area contributed by atoms with Crippen molar-refractivity contribution in [1.29, 1.82) is 0 Å². The van der Waals surface area contributed by atoms with Gasteiger partial charge in [-0.15, -0.1) is 0 Å². The largest absolute Gasteiger partial charge is 0.376 e. The molecule has 0 unspecified atom stereocenters. The van der Waals surface area contributed by atoms with Gasteiger partial charge in [-0.05, 0) is 24.3 Å². The fourth-order valence-electron chi connectivity index (χ4n) is 1.73. The van der Waals surface area contributed by atoms with E-state index in [1.54, 1.807) is 12.1 Å². The second-order valence-electron chi connectivity index (χ2n) is 4.50. The summed E-state index contributed by atoms with van der Waals surface area (Å²) >= 11 is 17.9. The molecule has 110 valence electrons. The Bertz CT molecular complexity index is 689. The summed E-state index contributed by atoms with van der Waals surface area (Å²) in [5.41, 5.74) is 1.68. The molecule has 0 atom stereocenters. The predicted octanol–water partition coefficient (Wildman–Crippen LogP) is 4.36. The summed E-state index contributed by atoms with van der Waals surface area (Å²) in [6.45, 7) is 0. The van der Waals surface area contributed by atoms with Crippen molar-refractivity contribution in [3.63, 3.8) is 0 Å². The van der Waals surface area contributed by atoms with E-state index in [0.29, 0.717) is 10.7 Å². The molecule has 7 heteroatoms. The molecular weight excluding hydrogens is 333 g/mol. The van der Waals surface area contributed by atoms with Gasteiger partial charge in [0.05, 0.1) is 21.3 Å². The number of aromatic nitrogens is 1. The van der Waals surface area contributed by atoms with Gasteiger partial charge in [-0.2, -0.15) is 0 Å². The quantitative estimate of drug-likeness (QED) is 0.841. The van der Waals surface area contributed by atoms with E-state index in [0.717, 1.165) is 5.69 Å². The lowest BCUT2D eigenvalue weighted by molar-refractivity contribution is 0.102. The van der Waals surface area contributed by atoms with E-state index in [4.69, 9.17) is 34.8 Å². The number of carbonyl (C=O) groups excluding carboxylic acids is 1. The topological polar surface area (TPSA) is 45.2 Å². The Labute approximate surface area is 137 Å². The first-order valence-electron chi connectivity index (χ1n) is 5.97. The second kappa shape index (κ2) is 6.52. The zero-order valence-electron chi connectivity index (χ0n) is 11.3. The van der Waals surface area contributed by atoms with Gasteiger partial charge in [0.1, 0.15) is 5.15 Å². The van der Waals surface area contributed by atoms with Gasteiger partial charge < -0.3 is 10.2 Å². The molecule has 0 fully saturated rings. The molecule has 2 rings (SSSR count). The van der Waals surface area contributed by atoms with Crippen LogP contribution in [0.2, 0.25) is 15.2 Å². The molecule has 2 aromatic rings. The first kappa shape index (κ1) is 15.9. The maximum absolute atomic E-state index is 12.2. The maximum Gasteiger partial charge on any atom is 0.257 e. The van der Waals surface area contributed by atoms with Crippen LogP contribution in [0.4, 0.5) is 11.4 Å². The summed E-state index contributed by atoms with van der Waals surface area (Å²) in [5.74, 6) is -0.377. The van der Waals surface area contributed by atoms with E-state index in [-0.39, 0.29) is 21.6 Å². The Kier molecular flexibility index (Phi) is 4.93. The fourth-order valence-corrected chi connectivity index (χ4v) is 2.43. The van der Waals surface area contributed by atoms with Crippen LogP contribution in [0.1, 0.15) is 10.4 Å². The van der Waals surface area contributed by atoms with Crippen molar-refractivity contribution < 1.29 is 4.79 Å². The number of benzene rings is 1. The number of amides is 1. The van der Waals surface area contributed by atoms with E-state index in [1.807, 2.05) is 25.1 Å². The van der Waals surface area contributed by atoms with E-state index >= 15 is 0 Å². The van der Waals surface area contributed by atoms with Crippen LogP contribution < -0.4 is 10.2 Å². The number of hydrogen-bond acceptors (Lipinski definition) is 3. The number of hydrogen-bond donors (Lipinski definition) is 1. The standard InChI is InChI=1S/C14H12Cl3N3O/c1-20(2)12-4-3-8(5-10(12)15)19-14(21)9-6-13(17)18-7-11(9)16/h3-7H,1-2H3,(H,19,21). The number of nitrogens with one attached hydrogen (secondary N) is 1. The van der Waals surface area contributed by atoms with Crippen molar-refractivity contribution in [3.8, 4) is 0 Å². The summed E-state index contributed by atoms with van der Waals surface area (Å²) in [6, 6.07) is 6.66. The van der Waals surface area contributed by atoms with Gasteiger partial charge in [0.25, 0.3) is 5.91 Å². The molecule has 1 aromatic carbocycles. The number of nitrogens with zero attached hydrogens (tertiary/aromatic N) is 2. The summed E-state index contributed by atoms with van der Waals surface area (Å²) in [4.78, 5) is 17.9. The van der Waals surface area contributed by atoms with E-state index < -0.39 is 0 Å². The van der Waals surface area contributed by atoms with Gasteiger partial charge in [0, 0.05) is 26.0 Å². The van der Waals surface area contributed by atoms with Crippen LogP contribution in [0, 0.1) is 0 Å². The first-order valence-corrected chi connectivity index (χ1v) is 7.11. The van der Waals surface area contributed by atoms with Crippen molar-refractivity contribution in [2.24, 2.45) is 0 Å². The Hall–Kier alpha value is -1.49. The van der Waals surface area contributed by atoms with Crippen LogP contribution in [-0.4, -0.2) is 25.0 Å². The molecule has 1 N–H and O–H groups in total. The van der Waals surface area contributed by atoms with Crippen LogP contribution in [0.5, 0.6) is 0 Å². The monoisotopic (exact) mass is 343 g/mol. The van der Waals surface area contributed by atoms with Crippen LogP contribution in [0.3, 0.4) is 0 Å². The molecule has 4 nitrogen and oxygen atoms in total. The lowest BCUT2D eigenvalue weighted by Gasteiger charge is -2.15.